The Balaban J connectivity index is 1.63. The molecule has 0 fully saturated rings. The minimum Gasteiger partial charge on any atom is -0.508 e. The molecule has 0 aliphatic rings. The zero-order valence-electron chi connectivity index (χ0n) is 14.0. The first-order chi connectivity index (χ1) is 12.6. The van der Waals surface area contributed by atoms with E-state index in [4.69, 9.17) is 0 Å². The van der Waals surface area contributed by atoms with E-state index in [1.54, 1.807) is 30.5 Å². The van der Waals surface area contributed by atoms with Crippen molar-refractivity contribution in [3.05, 3.63) is 84.1 Å². The maximum absolute atomic E-state index is 12.0. The number of phenolic OH excluding ortho intramolecular Hbond substituents is 1. The molecule has 2 aromatic carbocycles. The minimum absolute atomic E-state index is 0.164. The molecule has 0 radical (unpaired) electrons. The van der Waals surface area contributed by atoms with E-state index < -0.39 is 0 Å². The van der Waals surface area contributed by atoms with E-state index >= 15 is 0 Å². The van der Waals surface area contributed by atoms with Gasteiger partial charge in [-0.15, -0.1) is 0 Å². The Morgan fingerprint density at radius 3 is 2.35 bits per heavy atom. The van der Waals surface area contributed by atoms with Gasteiger partial charge in [0.15, 0.2) is 11.6 Å². The average molecular weight is 343 g/mol. The van der Waals surface area contributed by atoms with E-state index in [2.05, 4.69) is 4.98 Å². The number of para-hydroxylation sites is 1. The van der Waals surface area contributed by atoms with Gasteiger partial charge in [0.2, 0.25) is 0 Å². The van der Waals surface area contributed by atoms with E-state index in [1.807, 2.05) is 30.3 Å². The number of carbonyl (C=O) groups is 2. The minimum atomic E-state index is -0.274. The predicted molar refractivity (Wildman–Crippen MR) is 103 cm³/mol. The normalized spacial score (nSPS) is 11.4. The summed E-state index contributed by atoms with van der Waals surface area (Å²) in [5.41, 5.74) is 2.43. The summed E-state index contributed by atoms with van der Waals surface area (Å²) in [5, 5.41) is 10.2. The zero-order valence-corrected chi connectivity index (χ0v) is 14.0. The molecule has 1 aromatic heterocycles. The van der Waals surface area contributed by atoms with Crippen LogP contribution in [0.3, 0.4) is 0 Å². The van der Waals surface area contributed by atoms with Crippen LogP contribution in [0.2, 0.25) is 0 Å². The molecule has 3 rings (SSSR count). The predicted octanol–water partition coefficient (Wildman–Crippen LogP) is 4.20. The summed E-state index contributed by atoms with van der Waals surface area (Å²) in [6.45, 7) is 0. The maximum atomic E-state index is 12.0. The Kier molecular flexibility index (Phi) is 5.34. The van der Waals surface area contributed by atoms with Crippen molar-refractivity contribution in [3.8, 4) is 5.75 Å². The van der Waals surface area contributed by atoms with Crippen LogP contribution in [0.25, 0.3) is 23.1 Å². The molecule has 128 valence electrons. The standard InChI is InChI=1S/C22H17NO3/c24-19-10-6-16(7-11-19)8-12-20(25)15-21(26)13-9-18-4-1-3-17-5-2-14-23-22(17)18/h1-14,24H,15H2/b12-8+,13-9+. The third kappa shape index (κ3) is 4.51. The lowest BCUT2D eigenvalue weighted by Gasteiger charge is -2.00. The smallest absolute Gasteiger partial charge is 0.163 e. The first-order valence-electron chi connectivity index (χ1n) is 8.16. The third-order valence-electron chi connectivity index (χ3n) is 3.82. The quantitative estimate of drug-likeness (QED) is 0.538. The molecular weight excluding hydrogens is 326 g/mol. The third-order valence-corrected chi connectivity index (χ3v) is 3.82. The summed E-state index contributed by atoms with van der Waals surface area (Å²) in [5.74, 6) is -0.376. The number of nitrogens with zero attached hydrogens (tertiary/aromatic N) is 1. The van der Waals surface area contributed by atoms with Gasteiger partial charge >= 0.3 is 0 Å². The van der Waals surface area contributed by atoms with Crippen LogP contribution in [0.15, 0.2) is 72.9 Å². The van der Waals surface area contributed by atoms with E-state index in [9.17, 15) is 14.7 Å². The number of ketones is 2. The van der Waals surface area contributed by atoms with Gasteiger partial charge in [-0.3, -0.25) is 14.6 Å². The number of allylic oxidation sites excluding steroid dienone is 2. The molecule has 26 heavy (non-hydrogen) atoms. The monoisotopic (exact) mass is 343 g/mol. The molecule has 0 bridgehead atoms. The largest absolute Gasteiger partial charge is 0.508 e. The van der Waals surface area contributed by atoms with Gasteiger partial charge in [-0.25, -0.2) is 0 Å². The Labute approximate surface area is 151 Å². The van der Waals surface area contributed by atoms with Gasteiger partial charge in [0.1, 0.15) is 5.75 Å². The van der Waals surface area contributed by atoms with Crippen molar-refractivity contribution in [2.24, 2.45) is 0 Å². The highest BCUT2D eigenvalue weighted by Crippen LogP contribution is 2.17. The molecule has 1 heterocycles. The Morgan fingerprint density at radius 2 is 1.58 bits per heavy atom. The fourth-order valence-electron chi connectivity index (χ4n) is 2.51. The number of rotatable bonds is 6. The summed E-state index contributed by atoms with van der Waals surface area (Å²) in [4.78, 5) is 28.3. The maximum Gasteiger partial charge on any atom is 0.163 e. The summed E-state index contributed by atoms with van der Waals surface area (Å²) in [7, 11) is 0. The van der Waals surface area contributed by atoms with Crippen molar-refractivity contribution >= 4 is 34.6 Å². The molecule has 0 spiro atoms. The van der Waals surface area contributed by atoms with Crippen LogP contribution in [-0.4, -0.2) is 21.7 Å². The number of aromatic nitrogens is 1. The van der Waals surface area contributed by atoms with Crippen molar-refractivity contribution in [1.82, 2.24) is 4.98 Å². The number of fused-ring (bicyclic) bond motifs is 1. The zero-order chi connectivity index (χ0) is 18.4. The van der Waals surface area contributed by atoms with Gasteiger partial charge in [-0.1, -0.05) is 42.5 Å². The molecule has 4 nitrogen and oxygen atoms in total. The molecule has 0 amide bonds. The summed E-state index contributed by atoms with van der Waals surface area (Å²) in [6, 6.07) is 16.0. The van der Waals surface area contributed by atoms with Crippen molar-refractivity contribution < 1.29 is 14.7 Å². The van der Waals surface area contributed by atoms with Crippen LogP contribution in [0, 0.1) is 0 Å². The van der Waals surface area contributed by atoms with Crippen LogP contribution in [0.4, 0.5) is 0 Å². The highest BCUT2D eigenvalue weighted by atomic mass is 16.3. The lowest BCUT2D eigenvalue weighted by molar-refractivity contribution is -0.121. The van der Waals surface area contributed by atoms with E-state index in [0.717, 1.165) is 22.0 Å². The highest BCUT2D eigenvalue weighted by Gasteiger charge is 2.04. The lowest BCUT2D eigenvalue weighted by atomic mass is 10.1. The van der Waals surface area contributed by atoms with Gasteiger partial charge in [-0.05, 0) is 42.0 Å². The second-order valence-corrected chi connectivity index (χ2v) is 5.79. The molecular formula is C22H17NO3. The first kappa shape index (κ1) is 17.3. The number of benzene rings is 2. The van der Waals surface area contributed by atoms with Crippen LogP contribution < -0.4 is 0 Å². The molecule has 0 atom stereocenters. The number of phenols is 1. The van der Waals surface area contributed by atoms with Gasteiger partial charge in [0.25, 0.3) is 0 Å². The number of carbonyl (C=O) groups excluding carboxylic acids is 2. The summed E-state index contributed by atoms with van der Waals surface area (Å²) < 4.78 is 0. The van der Waals surface area contributed by atoms with Gasteiger partial charge in [0, 0.05) is 17.1 Å². The molecule has 0 saturated carbocycles. The van der Waals surface area contributed by atoms with Crippen LogP contribution in [0.5, 0.6) is 5.75 Å². The fourth-order valence-corrected chi connectivity index (χ4v) is 2.51. The molecule has 0 saturated heterocycles. The van der Waals surface area contributed by atoms with Crippen LogP contribution in [-0.2, 0) is 9.59 Å². The highest BCUT2D eigenvalue weighted by molar-refractivity contribution is 6.11. The molecule has 1 N–H and O–H groups in total. The number of aromatic hydroxyl groups is 1. The molecule has 0 unspecified atom stereocenters. The van der Waals surface area contributed by atoms with Crippen LogP contribution >= 0.6 is 0 Å². The summed E-state index contributed by atoms with van der Waals surface area (Å²) >= 11 is 0. The second-order valence-electron chi connectivity index (χ2n) is 5.79. The second kappa shape index (κ2) is 8.03. The van der Waals surface area contributed by atoms with Crippen molar-refractivity contribution in [2.75, 3.05) is 0 Å². The Bertz CT molecular complexity index is 996. The number of hydrogen-bond donors (Lipinski definition) is 1. The number of hydrogen-bond acceptors (Lipinski definition) is 4. The Morgan fingerprint density at radius 1 is 0.885 bits per heavy atom. The van der Waals surface area contributed by atoms with E-state index in [0.29, 0.717) is 0 Å². The molecule has 3 aromatic rings. The molecule has 0 aliphatic heterocycles. The average Bonchev–Trinajstić information content (AvgIpc) is 2.66. The van der Waals surface area contributed by atoms with Crippen LogP contribution in [0.1, 0.15) is 17.5 Å². The van der Waals surface area contributed by atoms with E-state index in [-0.39, 0.29) is 23.7 Å². The Hall–Kier alpha value is -3.53. The lowest BCUT2D eigenvalue weighted by Crippen LogP contribution is -2.01. The van der Waals surface area contributed by atoms with Crippen molar-refractivity contribution in [2.45, 2.75) is 6.42 Å². The van der Waals surface area contributed by atoms with Gasteiger partial charge in [0.05, 0.1) is 11.9 Å². The summed E-state index contributed by atoms with van der Waals surface area (Å²) in [6.07, 6.45) is 7.61. The van der Waals surface area contributed by atoms with Crippen molar-refractivity contribution in [1.29, 1.82) is 0 Å². The number of pyridine rings is 1. The SMILES string of the molecule is O=C(/C=C/c1ccc(O)cc1)CC(=O)/C=C/c1cccc2cccnc12. The molecule has 0 aliphatic carbocycles. The molecule has 4 heteroatoms. The fraction of sp³-hybridized carbons (Fsp3) is 0.0455. The van der Waals surface area contributed by atoms with Gasteiger partial charge < -0.3 is 5.11 Å². The topological polar surface area (TPSA) is 67.3 Å². The van der Waals surface area contributed by atoms with Gasteiger partial charge in [-0.2, -0.15) is 0 Å². The van der Waals surface area contributed by atoms with E-state index in [1.165, 1.54) is 24.3 Å². The first-order valence-corrected chi connectivity index (χ1v) is 8.16. The van der Waals surface area contributed by atoms with Crippen molar-refractivity contribution in [3.63, 3.8) is 0 Å².